The Balaban J connectivity index is 3.07. The SMILES string of the molecule is Cc1cn(C)c(=S)c2sccc12. The van der Waals surface area contributed by atoms with E-state index in [1.165, 1.54) is 15.6 Å². The molecule has 0 fully saturated rings. The molecule has 0 bridgehead atoms. The summed E-state index contributed by atoms with van der Waals surface area (Å²) in [5.41, 5.74) is 1.29. The molecule has 0 radical (unpaired) electrons. The second kappa shape index (κ2) is 2.68. The zero-order valence-corrected chi connectivity index (χ0v) is 8.63. The third-order valence-corrected chi connectivity index (χ3v) is 3.53. The van der Waals surface area contributed by atoms with Gasteiger partial charge in [-0.25, -0.2) is 0 Å². The van der Waals surface area contributed by atoms with E-state index in [0.717, 1.165) is 4.64 Å². The van der Waals surface area contributed by atoms with Gasteiger partial charge in [0.1, 0.15) is 4.64 Å². The van der Waals surface area contributed by atoms with Crippen LogP contribution in [0.25, 0.3) is 10.1 Å². The number of aromatic nitrogens is 1. The van der Waals surface area contributed by atoms with Crippen LogP contribution >= 0.6 is 23.6 Å². The van der Waals surface area contributed by atoms with Crippen LogP contribution in [0.4, 0.5) is 0 Å². The highest BCUT2D eigenvalue weighted by atomic mass is 32.1. The van der Waals surface area contributed by atoms with Crippen LogP contribution in [0.5, 0.6) is 0 Å². The molecule has 0 amide bonds. The minimum atomic E-state index is 0.936. The van der Waals surface area contributed by atoms with Gasteiger partial charge in [0, 0.05) is 13.2 Å². The Morgan fingerprint density at radius 2 is 2.25 bits per heavy atom. The van der Waals surface area contributed by atoms with Crippen LogP contribution < -0.4 is 0 Å². The van der Waals surface area contributed by atoms with Gasteiger partial charge in [-0.2, -0.15) is 0 Å². The van der Waals surface area contributed by atoms with Crippen LogP contribution in [0.3, 0.4) is 0 Å². The van der Waals surface area contributed by atoms with Crippen molar-refractivity contribution >= 4 is 33.6 Å². The van der Waals surface area contributed by atoms with Gasteiger partial charge in [-0.3, -0.25) is 0 Å². The number of nitrogens with zero attached hydrogens (tertiary/aromatic N) is 1. The van der Waals surface area contributed by atoms with Gasteiger partial charge >= 0.3 is 0 Å². The van der Waals surface area contributed by atoms with Gasteiger partial charge in [0.05, 0.1) is 4.70 Å². The van der Waals surface area contributed by atoms with Crippen molar-refractivity contribution in [2.75, 3.05) is 0 Å². The highest BCUT2D eigenvalue weighted by molar-refractivity contribution is 7.71. The topological polar surface area (TPSA) is 4.93 Å². The normalized spacial score (nSPS) is 10.8. The molecule has 0 aliphatic carbocycles. The van der Waals surface area contributed by atoms with E-state index in [4.69, 9.17) is 12.2 Å². The van der Waals surface area contributed by atoms with Gasteiger partial charge in [0.15, 0.2) is 0 Å². The molecule has 12 heavy (non-hydrogen) atoms. The number of fused-ring (bicyclic) bond motifs is 1. The van der Waals surface area contributed by atoms with E-state index in [-0.39, 0.29) is 0 Å². The zero-order chi connectivity index (χ0) is 8.72. The maximum absolute atomic E-state index is 5.28. The molecule has 2 heterocycles. The maximum Gasteiger partial charge on any atom is 0.123 e. The monoisotopic (exact) mass is 195 g/mol. The largest absolute Gasteiger partial charge is 0.341 e. The van der Waals surface area contributed by atoms with E-state index in [1.54, 1.807) is 11.3 Å². The summed E-state index contributed by atoms with van der Waals surface area (Å²) in [5.74, 6) is 0. The Hall–Kier alpha value is -0.670. The average molecular weight is 195 g/mol. The summed E-state index contributed by atoms with van der Waals surface area (Å²) in [4.78, 5) is 0. The second-order valence-electron chi connectivity index (χ2n) is 2.89. The molecule has 0 unspecified atom stereocenters. The number of hydrogen-bond acceptors (Lipinski definition) is 2. The first-order valence-electron chi connectivity index (χ1n) is 3.73. The highest BCUT2D eigenvalue weighted by Crippen LogP contribution is 2.24. The first-order valence-corrected chi connectivity index (χ1v) is 5.02. The predicted molar refractivity (Wildman–Crippen MR) is 56.4 cm³/mol. The molecule has 62 valence electrons. The number of pyridine rings is 1. The van der Waals surface area contributed by atoms with Crippen molar-refractivity contribution < 1.29 is 0 Å². The fourth-order valence-corrected chi connectivity index (χ4v) is 2.61. The summed E-state index contributed by atoms with van der Waals surface area (Å²) in [5, 5.41) is 3.39. The maximum atomic E-state index is 5.28. The third-order valence-electron chi connectivity index (χ3n) is 1.99. The van der Waals surface area contributed by atoms with Gasteiger partial charge < -0.3 is 4.57 Å². The Kier molecular flexibility index (Phi) is 1.77. The third kappa shape index (κ3) is 1.01. The molecule has 1 nitrogen and oxygen atoms in total. The number of rotatable bonds is 0. The quantitative estimate of drug-likeness (QED) is 0.584. The summed E-state index contributed by atoms with van der Waals surface area (Å²) < 4.78 is 4.17. The molecule has 0 spiro atoms. The molecule has 0 aromatic carbocycles. The summed E-state index contributed by atoms with van der Waals surface area (Å²) in [6.07, 6.45) is 2.08. The van der Waals surface area contributed by atoms with Gasteiger partial charge in [-0.1, -0.05) is 12.2 Å². The fourth-order valence-electron chi connectivity index (χ4n) is 1.36. The van der Waals surface area contributed by atoms with E-state index >= 15 is 0 Å². The fraction of sp³-hybridized carbons (Fsp3) is 0.222. The minimum Gasteiger partial charge on any atom is -0.341 e. The van der Waals surface area contributed by atoms with Crippen LogP contribution in [0.1, 0.15) is 5.56 Å². The molecule has 0 N–H and O–H groups in total. The van der Waals surface area contributed by atoms with E-state index in [1.807, 2.05) is 11.6 Å². The van der Waals surface area contributed by atoms with E-state index < -0.39 is 0 Å². The summed E-state index contributed by atoms with van der Waals surface area (Å²) in [6, 6.07) is 2.13. The number of aryl methyl sites for hydroxylation is 2. The molecular formula is C9H9NS2. The smallest absolute Gasteiger partial charge is 0.123 e. The van der Waals surface area contributed by atoms with Crippen LogP contribution in [0, 0.1) is 11.6 Å². The van der Waals surface area contributed by atoms with Crippen molar-refractivity contribution in [3.8, 4) is 0 Å². The van der Waals surface area contributed by atoms with Crippen molar-refractivity contribution in [2.45, 2.75) is 6.92 Å². The first kappa shape index (κ1) is 7.95. The van der Waals surface area contributed by atoms with Gasteiger partial charge in [0.25, 0.3) is 0 Å². The van der Waals surface area contributed by atoms with E-state index in [2.05, 4.69) is 24.6 Å². The second-order valence-corrected chi connectivity index (χ2v) is 4.19. The lowest BCUT2D eigenvalue weighted by Gasteiger charge is -2.02. The van der Waals surface area contributed by atoms with Crippen molar-refractivity contribution in [2.24, 2.45) is 7.05 Å². The summed E-state index contributed by atoms with van der Waals surface area (Å²) in [6.45, 7) is 2.11. The Morgan fingerprint density at radius 3 is 3.00 bits per heavy atom. The molecule has 0 atom stereocenters. The van der Waals surface area contributed by atoms with Crippen LogP contribution in [-0.4, -0.2) is 4.57 Å². The lowest BCUT2D eigenvalue weighted by Crippen LogP contribution is -1.92. The van der Waals surface area contributed by atoms with E-state index in [0.29, 0.717) is 0 Å². The average Bonchev–Trinajstić information content (AvgIpc) is 2.48. The summed E-state index contributed by atoms with van der Waals surface area (Å²) >= 11 is 7.00. The van der Waals surface area contributed by atoms with E-state index in [9.17, 15) is 0 Å². The lowest BCUT2D eigenvalue weighted by atomic mass is 10.2. The molecular weight excluding hydrogens is 186 g/mol. The first-order chi connectivity index (χ1) is 5.70. The number of thiophene rings is 1. The molecule has 2 aromatic heterocycles. The highest BCUT2D eigenvalue weighted by Gasteiger charge is 2.01. The standard InChI is InChI=1S/C9H9NS2/c1-6-5-10(2)9(11)8-7(6)3-4-12-8/h3-5H,1-2H3. The molecule has 2 aromatic rings. The van der Waals surface area contributed by atoms with Crippen LogP contribution in [0.2, 0.25) is 0 Å². The molecule has 3 heteroatoms. The Morgan fingerprint density at radius 1 is 1.50 bits per heavy atom. The van der Waals surface area contributed by atoms with Gasteiger partial charge in [0.2, 0.25) is 0 Å². The molecule has 0 saturated heterocycles. The van der Waals surface area contributed by atoms with Gasteiger partial charge in [-0.15, -0.1) is 11.3 Å². The van der Waals surface area contributed by atoms with Crippen molar-refractivity contribution in [1.29, 1.82) is 0 Å². The van der Waals surface area contributed by atoms with Crippen LogP contribution in [-0.2, 0) is 7.05 Å². The molecule has 0 aliphatic rings. The van der Waals surface area contributed by atoms with Gasteiger partial charge in [-0.05, 0) is 29.3 Å². The molecule has 0 saturated carbocycles. The zero-order valence-electron chi connectivity index (χ0n) is 7.00. The molecule has 0 aliphatic heterocycles. The Labute approximate surface area is 80.3 Å². The van der Waals surface area contributed by atoms with Crippen molar-refractivity contribution in [1.82, 2.24) is 4.57 Å². The lowest BCUT2D eigenvalue weighted by molar-refractivity contribution is 0.893. The molecule has 2 rings (SSSR count). The predicted octanol–water partition coefficient (Wildman–Crippen LogP) is 3.28. The van der Waals surface area contributed by atoms with Crippen molar-refractivity contribution in [3.05, 3.63) is 27.8 Å². The van der Waals surface area contributed by atoms with Crippen molar-refractivity contribution in [3.63, 3.8) is 0 Å². The summed E-state index contributed by atoms with van der Waals surface area (Å²) in [7, 11) is 1.99. The van der Waals surface area contributed by atoms with Crippen LogP contribution in [0.15, 0.2) is 17.6 Å². The Bertz CT molecular complexity index is 479. The minimum absolute atomic E-state index is 0.936. The number of hydrogen-bond donors (Lipinski definition) is 0.